The van der Waals surface area contributed by atoms with Crippen LogP contribution in [0.25, 0.3) is 0 Å². The first kappa shape index (κ1) is 8.97. The van der Waals surface area contributed by atoms with Gasteiger partial charge in [-0.3, -0.25) is 0 Å². The van der Waals surface area contributed by atoms with E-state index in [4.69, 9.17) is 10.8 Å². The normalized spacial score (nSPS) is 34.1. The number of likely N-dealkylation sites (N-methyl/N-ethyl adjacent to an activating group) is 1. The Kier molecular flexibility index (Phi) is 3.30. The van der Waals surface area contributed by atoms with Gasteiger partial charge in [-0.15, -0.1) is 0 Å². The Balaban J connectivity index is 2.37. The van der Waals surface area contributed by atoms with Crippen molar-refractivity contribution in [2.45, 2.75) is 18.9 Å². The van der Waals surface area contributed by atoms with Gasteiger partial charge in [-0.05, 0) is 38.9 Å². The van der Waals surface area contributed by atoms with Gasteiger partial charge in [-0.2, -0.15) is 0 Å². The molecule has 0 bridgehead atoms. The van der Waals surface area contributed by atoms with Gasteiger partial charge in [0, 0.05) is 6.04 Å². The van der Waals surface area contributed by atoms with Gasteiger partial charge in [0.2, 0.25) is 0 Å². The van der Waals surface area contributed by atoms with E-state index in [9.17, 15) is 0 Å². The highest BCUT2D eigenvalue weighted by molar-refractivity contribution is 4.79. The van der Waals surface area contributed by atoms with Crippen molar-refractivity contribution in [2.75, 3.05) is 26.7 Å². The fourth-order valence-electron chi connectivity index (χ4n) is 1.68. The van der Waals surface area contributed by atoms with Crippen LogP contribution in [0, 0.1) is 5.92 Å². The quantitative estimate of drug-likeness (QED) is 0.577. The summed E-state index contributed by atoms with van der Waals surface area (Å²) in [6.45, 7) is 2.12. The van der Waals surface area contributed by atoms with Crippen molar-refractivity contribution >= 4 is 0 Å². The molecule has 3 nitrogen and oxygen atoms in total. The first-order valence-electron chi connectivity index (χ1n) is 4.29. The van der Waals surface area contributed by atoms with E-state index in [0.29, 0.717) is 12.0 Å². The van der Waals surface area contributed by atoms with Gasteiger partial charge in [-0.1, -0.05) is 0 Å². The molecule has 1 aliphatic rings. The van der Waals surface area contributed by atoms with Crippen LogP contribution in [0.5, 0.6) is 0 Å². The molecule has 0 aromatic rings. The Bertz CT molecular complexity index is 119. The molecule has 0 saturated carbocycles. The van der Waals surface area contributed by atoms with Crippen LogP contribution in [0.15, 0.2) is 0 Å². The molecule has 1 heterocycles. The molecule has 0 aromatic heterocycles. The molecule has 0 spiro atoms. The lowest BCUT2D eigenvalue weighted by Gasteiger charge is -2.35. The van der Waals surface area contributed by atoms with E-state index < -0.39 is 0 Å². The van der Waals surface area contributed by atoms with Crippen LogP contribution in [-0.2, 0) is 0 Å². The number of nitrogens with two attached hydrogens (primary N) is 1. The molecule has 2 atom stereocenters. The summed E-state index contributed by atoms with van der Waals surface area (Å²) in [7, 11) is 2.06. The molecular weight excluding hydrogens is 140 g/mol. The molecule has 1 saturated heterocycles. The third kappa shape index (κ3) is 2.15. The summed E-state index contributed by atoms with van der Waals surface area (Å²) in [5.41, 5.74) is 5.57. The van der Waals surface area contributed by atoms with Gasteiger partial charge in [0.05, 0.1) is 6.61 Å². The fraction of sp³-hybridized carbons (Fsp3) is 1.00. The van der Waals surface area contributed by atoms with E-state index in [-0.39, 0.29) is 6.61 Å². The average Bonchev–Trinajstić information content (AvgIpc) is 2.05. The Labute approximate surface area is 68.2 Å². The predicted octanol–water partition coefficient (Wildman–Crippen LogP) is -0.352. The standard InChI is InChI=1S/C8H18N2O/c1-10-3-2-7(5-9)4-8(10)6-11/h7-8,11H,2-6,9H2,1H3. The van der Waals surface area contributed by atoms with E-state index >= 15 is 0 Å². The lowest BCUT2D eigenvalue weighted by atomic mass is 9.92. The van der Waals surface area contributed by atoms with Crippen LogP contribution in [0.2, 0.25) is 0 Å². The summed E-state index contributed by atoms with van der Waals surface area (Å²) < 4.78 is 0. The summed E-state index contributed by atoms with van der Waals surface area (Å²) in [4.78, 5) is 2.21. The molecular formula is C8H18N2O. The zero-order valence-electron chi connectivity index (χ0n) is 7.16. The van der Waals surface area contributed by atoms with E-state index in [1.165, 1.54) is 6.42 Å². The topological polar surface area (TPSA) is 49.5 Å². The van der Waals surface area contributed by atoms with Crippen LogP contribution >= 0.6 is 0 Å². The van der Waals surface area contributed by atoms with Crippen LogP contribution in [0.4, 0.5) is 0 Å². The largest absolute Gasteiger partial charge is 0.395 e. The maximum atomic E-state index is 8.99. The van der Waals surface area contributed by atoms with Crippen LogP contribution in [-0.4, -0.2) is 42.8 Å². The van der Waals surface area contributed by atoms with Crippen LogP contribution < -0.4 is 5.73 Å². The Morgan fingerprint density at radius 1 is 1.64 bits per heavy atom. The Morgan fingerprint density at radius 3 is 2.91 bits per heavy atom. The van der Waals surface area contributed by atoms with E-state index in [1.807, 2.05) is 0 Å². The molecule has 1 rings (SSSR count). The van der Waals surface area contributed by atoms with Crippen molar-refractivity contribution < 1.29 is 5.11 Å². The summed E-state index contributed by atoms with van der Waals surface area (Å²) >= 11 is 0. The minimum atomic E-state index is 0.271. The highest BCUT2D eigenvalue weighted by Gasteiger charge is 2.23. The molecule has 3 N–H and O–H groups in total. The highest BCUT2D eigenvalue weighted by Crippen LogP contribution is 2.19. The van der Waals surface area contributed by atoms with Gasteiger partial charge in [0.25, 0.3) is 0 Å². The maximum Gasteiger partial charge on any atom is 0.0586 e. The minimum Gasteiger partial charge on any atom is -0.395 e. The van der Waals surface area contributed by atoms with Crippen molar-refractivity contribution in [1.82, 2.24) is 4.90 Å². The molecule has 66 valence electrons. The van der Waals surface area contributed by atoms with Crippen molar-refractivity contribution in [3.05, 3.63) is 0 Å². The molecule has 0 amide bonds. The minimum absolute atomic E-state index is 0.271. The third-order valence-corrected chi connectivity index (χ3v) is 2.66. The predicted molar refractivity (Wildman–Crippen MR) is 45.3 cm³/mol. The first-order chi connectivity index (χ1) is 5.27. The fourth-order valence-corrected chi connectivity index (χ4v) is 1.68. The van der Waals surface area contributed by atoms with E-state index in [2.05, 4.69) is 11.9 Å². The number of rotatable bonds is 2. The van der Waals surface area contributed by atoms with Gasteiger partial charge >= 0.3 is 0 Å². The number of hydrogen-bond acceptors (Lipinski definition) is 3. The van der Waals surface area contributed by atoms with Gasteiger partial charge in [0.15, 0.2) is 0 Å². The molecule has 0 aromatic carbocycles. The molecule has 11 heavy (non-hydrogen) atoms. The van der Waals surface area contributed by atoms with Crippen molar-refractivity contribution in [3.8, 4) is 0 Å². The second-order valence-corrected chi connectivity index (χ2v) is 3.44. The van der Waals surface area contributed by atoms with Crippen LogP contribution in [0.3, 0.4) is 0 Å². The second-order valence-electron chi connectivity index (χ2n) is 3.44. The number of piperidine rings is 1. The third-order valence-electron chi connectivity index (χ3n) is 2.66. The second kappa shape index (κ2) is 4.04. The average molecular weight is 158 g/mol. The molecule has 0 aliphatic carbocycles. The zero-order chi connectivity index (χ0) is 8.27. The summed E-state index contributed by atoms with van der Waals surface area (Å²) in [6.07, 6.45) is 2.24. The van der Waals surface area contributed by atoms with Gasteiger partial charge < -0.3 is 15.7 Å². The maximum absolute atomic E-state index is 8.99. The number of nitrogens with zero attached hydrogens (tertiary/aromatic N) is 1. The number of hydrogen-bond donors (Lipinski definition) is 2. The number of aliphatic hydroxyl groups is 1. The molecule has 0 radical (unpaired) electrons. The van der Waals surface area contributed by atoms with Crippen molar-refractivity contribution in [1.29, 1.82) is 0 Å². The molecule has 2 unspecified atom stereocenters. The first-order valence-corrected chi connectivity index (χ1v) is 4.29. The van der Waals surface area contributed by atoms with Gasteiger partial charge in [0.1, 0.15) is 0 Å². The van der Waals surface area contributed by atoms with Gasteiger partial charge in [-0.25, -0.2) is 0 Å². The smallest absolute Gasteiger partial charge is 0.0586 e. The molecule has 1 aliphatic heterocycles. The van der Waals surface area contributed by atoms with Crippen molar-refractivity contribution in [3.63, 3.8) is 0 Å². The zero-order valence-corrected chi connectivity index (χ0v) is 7.16. The lowest BCUT2D eigenvalue weighted by Crippen LogP contribution is -2.43. The van der Waals surface area contributed by atoms with Crippen LogP contribution in [0.1, 0.15) is 12.8 Å². The number of likely N-dealkylation sites (tertiary alicyclic amines) is 1. The van der Waals surface area contributed by atoms with E-state index in [0.717, 1.165) is 19.5 Å². The summed E-state index contributed by atoms with van der Waals surface area (Å²) in [5.74, 6) is 0.628. The number of aliphatic hydroxyl groups excluding tert-OH is 1. The molecule has 3 heteroatoms. The SMILES string of the molecule is CN1CCC(CN)CC1CO. The monoisotopic (exact) mass is 158 g/mol. The van der Waals surface area contributed by atoms with E-state index in [1.54, 1.807) is 0 Å². The summed E-state index contributed by atoms with van der Waals surface area (Å²) in [6, 6.07) is 0.345. The highest BCUT2D eigenvalue weighted by atomic mass is 16.3. The summed E-state index contributed by atoms with van der Waals surface area (Å²) in [5, 5.41) is 8.99. The Morgan fingerprint density at radius 2 is 2.36 bits per heavy atom. The molecule has 1 fully saturated rings. The Hall–Kier alpha value is -0.120. The lowest BCUT2D eigenvalue weighted by molar-refractivity contribution is 0.0885. The van der Waals surface area contributed by atoms with Crippen molar-refractivity contribution in [2.24, 2.45) is 11.7 Å².